The minimum atomic E-state index is -0.0582. The standard InChI is InChI=1S/C14H17N3O3/c1-3-10-13(15)16-8-17-14(10)20-11-5-4-9(7-18)6-12(11)19-2/h4-6,8,18H,3,7H2,1-2H3,(H2,15,16,17). The number of aliphatic hydroxyl groups is 1. The Hall–Kier alpha value is -2.34. The van der Waals surface area contributed by atoms with E-state index in [4.69, 9.17) is 20.3 Å². The van der Waals surface area contributed by atoms with E-state index >= 15 is 0 Å². The average molecular weight is 275 g/mol. The van der Waals surface area contributed by atoms with E-state index in [2.05, 4.69) is 9.97 Å². The molecule has 0 atom stereocenters. The molecule has 2 aromatic rings. The highest BCUT2D eigenvalue weighted by atomic mass is 16.5. The second kappa shape index (κ2) is 6.21. The zero-order valence-electron chi connectivity index (χ0n) is 11.5. The molecule has 3 N–H and O–H groups in total. The second-order valence-corrected chi connectivity index (χ2v) is 4.14. The van der Waals surface area contributed by atoms with Crippen molar-refractivity contribution in [1.82, 2.24) is 9.97 Å². The maximum absolute atomic E-state index is 9.12. The molecule has 0 spiro atoms. The predicted octanol–water partition coefficient (Wildman–Crippen LogP) is 1.91. The number of benzene rings is 1. The summed E-state index contributed by atoms with van der Waals surface area (Å²) in [5, 5.41) is 9.12. The third-order valence-corrected chi connectivity index (χ3v) is 2.91. The molecular weight excluding hydrogens is 258 g/mol. The largest absolute Gasteiger partial charge is 0.493 e. The van der Waals surface area contributed by atoms with Gasteiger partial charge in [0.1, 0.15) is 12.1 Å². The summed E-state index contributed by atoms with van der Waals surface area (Å²) in [7, 11) is 1.54. The van der Waals surface area contributed by atoms with Gasteiger partial charge < -0.3 is 20.3 Å². The van der Waals surface area contributed by atoms with Crippen molar-refractivity contribution in [2.45, 2.75) is 20.0 Å². The van der Waals surface area contributed by atoms with Gasteiger partial charge >= 0.3 is 0 Å². The maximum atomic E-state index is 9.12. The van der Waals surface area contributed by atoms with Crippen LogP contribution in [0, 0.1) is 0 Å². The van der Waals surface area contributed by atoms with Crippen LogP contribution in [0.25, 0.3) is 0 Å². The number of ether oxygens (including phenoxy) is 2. The molecule has 0 amide bonds. The minimum absolute atomic E-state index is 0.0582. The van der Waals surface area contributed by atoms with Gasteiger partial charge in [-0.1, -0.05) is 13.0 Å². The molecule has 1 aromatic carbocycles. The van der Waals surface area contributed by atoms with Gasteiger partial charge in [0.2, 0.25) is 5.88 Å². The molecular formula is C14H17N3O3. The van der Waals surface area contributed by atoms with Crippen molar-refractivity contribution in [2.24, 2.45) is 0 Å². The number of nitrogens with two attached hydrogens (primary N) is 1. The first-order chi connectivity index (χ1) is 9.69. The lowest BCUT2D eigenvalue weighted by Gasteiger charge is -2.13. The number of anilines is 1. The van der Waals surface area contributed by atoms with Crippen LogP contribution < -0.4 is 15.2 Å². The highest BCUT2D eigenvalue weighted by Crippen LogP contribution is 2.33. The molecule has 1 aromatic heterocycles. The van der Waals surface area contributed by atoms with Crippen molar-refractivity contribution in [2.75, 3.05) is 12.8 Å². The summed E-state index contributed by atoms with van der Waals surface area (Å²) in [6.45, 7) is 1.89. The van der Waals surface area contributed by atoms with Crippen LogP contribution in [-0.2, 0) is 13.0 Å². The summed E-state index contributed by atoms with van der Waals surface area (Å²) in [6.07, 6.45) is 2.03. The summed E-state index contributed by atoms with van der Waals surface area (Å²) in [4.78, 5) is 8.05. The third-order valence-electron chi connectivity index (χ3n) is 2.91. The van der Waals surface area contributed by atoms with E-state index in [-0.39, 0.29) is 6.61 Å². The van der Waals surface area contributed by atoms with Crippen molar-refractivity contribution in [1.29, 1.82) is 0 Å². The highest BCUT2D eigenvalue weighted by Gasteiger charge is 2.13. The molecule has 0 bridgehead atoms. The molecule has 0 aliphatic rings. The van der Waals surface area contributed by atoms with Gasteiger partial charge in [0, 0.05) is 0 Å². The molecule has 106 valence electrons. The number of aliphatic hydroxyl groups excluding tert-OH is 1. The summed E-state index contributed by atoms with van der Waals surface area (Å²) in [5.74, 6) is 1.85. The first-order valence-electron chi connectivity index (χ1n) is 6.24. The number of hydrogen-bond donors (Lipinski definition) is 2. The third kappa shape index (κ3) is 2.80. The Labute approximate surface area is 117 Å². The van der Waals surface area contributed by atoms with Crippen molar-refractivity contribution < 1.29 is 14.6 Å². The number of nitrogen functional groups attached to an aromatic ring is 1. The Morgan fingerprint density at radius 3 is 2.70 bits per heavy atom. The molecule has 0 saturated carbocycles. The number of rotatable bonds is 5. The zero-order valence-corrected chi connectivity index (χ0v) is 11.5. The molecule has 0 aliphatic carbocycles. The van der Waals surface area contributed by atoms with Crippen LogP contribution in [0.2, 0.25) is 0 Å². The minimum Gasteiger partial charge on any atom is -0.493 e. The maximum Gasteiger partial charge on any atom is 0.227 e. The van der Waals surface area contributed by atoms with Crippen molar-refractivity contribution in [3.05, 3.63) is 35.7 Å². The number of hydrogen-bond acceptors (Lipinski definition) is 6. The molecule has 2 rings (SSSR count). The van der Waals surface area contributed by atoms with Crippen LogP contribution in [0.5, 0.6) is 17.4 Å². The molecule has 20 heavy (non-hydrogen) atoms. The molecule has 6 nitrogen and oxygen atoms in total. The van der Waals surface area contributed by atoms with Crippen molar-refractivity contribution in [3.8, 4) is 17.4 Å². The first kappa shape index (κ1) is 14.1. The van der Waals surface area contributed by atoms with Gasteiger partial charge in [0.25, 0.3) is 0 Å². The van der Waals surface area contributed by atoms with Crippen LogP contribution in [0.15, 0.2) is 24.5 Å². The molecule has 0 saturated heterocycles. The van der Waals surface area contributed by atoms with E-state index in [0.29, 0.717) is 29.6 Å². The van der Waals surface area contributed by atoms with E-state index in [0.717, 1.165) is 11.1 Å². The molecule has 6 heteroatoms. The van der Waals surface area contributed by atoms with Crippen LogP contribution in [0.3, 0.4) is 0 Å². The van der Waals surface area contributed by atoms with E-state index < -0.39 is 0 Å². The van der Waals surface area contributed by atoms with Crippen molar-refractivity contribution in [3.63, 3.8) is 0 Å². The molecule has 0 radical (unpaired) electrons. The van der Waals surface area contributed by atoms with E-state index in [9.17, 15) is 0 Å². The van der Waals surface area contributed by atoms with Crippen molar-refractivity contribution >= 4 is 5.82 Å². The second-order valence-electron chi connectivity index (χ2n) is 4.14. The molecule has 1 heterocycles. The Balaban J connectivity index is 2.37. The Morgan fingerprint density at radius 2 is 2.05 bits per heavy atom. The Kier molecular flexibility index (Phi) is 4.37. The number of aromatic nitrogens is 2. The van der Waals surface area contributed by atoms with Gasteiger partial charge in [-0.3, -0.25) is 0 Å². The monoisotopic (exact) mass is 275 g/mol. The van der Waals surface area contributed by atoms with E-state index in [1.807, 2.05) is 6.92 Å². The average Bonchev–Trinajstić information content (AvgIpc) is 2.48. The summed E-state index contributed by atoms with van der Waals surface area (Å²) >= 11 is 0. The van der Waals surface area contributed by atoms with E-state index in [1.54, 1.807) is 25.3 Å². The fraction of sp³-hybridized carbons (Fsp3) is 0.286. The van der Waals surface area contributed by atoms with E-state index in [1.165, 1.54) is 6.33 Å². The quantitative estimate of drug-likeness (QED) is 0.866. The Morgan fingerprint density at radius 1 is 1.25 bits per heavy atom. The smallest absolute Gasteiger partial charge is 0.227 e. The Bertz CT molecular complexity index is 602. The fourth-order valence-corrected chi connectivity index (χ4v) is 1.83. The normalized spacial score (nSPS) is 10.3. The topological polar surface area (TPSA) is 90.5 Å². The lowest BCUT2D eigenvalue weighted by Crippen LogP contribution is -2.02. The fourth-order valence-electron chi connectivity index (χ4n) is 1.83. The van der Waals surface area contributed by atoms with Crippen LogP contribution in [0.4, 0.5) is 5.82 Å². The first-order valence-corrected chi connectivity index (χ1v) is 6.24. The zero-order chi connectivity index (χ0) is 14.5. The highest BCUT2D eigenvalue weighted by molar-refractivity contribution is 5.49. The molecule has 0 aliphatic heterocycles. The van der Waals surface area contributed by atoms with Gasteiger partial charge in [0.05, 0.1) is 19.3 Å². The predicted molar refractivity (Wildman–Crippen MR) is 74.8 cm³/mol. The SMILES string of the molecule is CCc1c(N)ncnc1Oc1ccc(CO)cc1OC. The van der Waals surface area contributed by atoms with Gasteiger partial charge in [-0.05, 0) is 24.1 Å². The summed E-state index contributed by atoms with van der Waals surface area (Å²) < 4.78 is 11.0. The van der Waals surface area contributed by atoms with Gasteiger partial charge in [-0.2, -0.15) is 0 Å². The molecule has 0 unspecified atom stereocenters. The van der Waals surface area contributed by atoms with Gasteiger partial charge in [0.15, 0.2) is 11.5 Å². The van der Waals surface area contributed by atoms with Crippen LogP contribution in [0.1, 0.15) is 18.1 Å². The van der Waals surface area contributed by atoms with Gasteiger partial charge in [-0.25, -0.2) is 9.97 Å². The summed E-state index contributed by atoms with van der Waals surface area (Å²) in [5.41, 5.74) is 7.30. The van der Waals surface area contributed by atoms with Crippen LogP contribution >= 0.6 is 0 Å². The van der Waals surface area contributed by atoms with Gasteiger partial charge in [-0.15, -0.1) is 0 Å². The van der Waals surface area contributed by atoms with Crippen LogP contribution in [-0.4, -0.2) is 22.2 Å². The number of nitrogens with zero attached hydrogens (tertiary/aromatic N) is 2. The number of methoxy groups -OCH3 is 1. The molecule has 0 fully saturated rings. The lowest BCUT2D eigenvalue weighted by molar-refractivity contribution is 0.280. The lowest BCUT2D eigenvalue weighted by atomic mass is 10.2. The summed E-state index contributed by atoms with van der Waals surface area (Å²) in [6, 6.07) is 5.20.